The number of nitrogens with one attached hydrogen (secondary N) is 1. The number of nitrogens with zero attached hydrogens (tertiary/aromatic N) is 2. The number of carbonyl (C=O) groups is 3. The number of nitrogens with two attached hydrogens (primary N) is 1. The molecule has 3 amide bonds. The Balaban J connectivity index is 1.59. The minimum Gasteiger partial charge on any atom is -0.298 e. The second-order valence-corrected chi connectivity index (χ2v) is 8.91. The number of benzene rings is 2. The average Bonchev–Trinajstić information content (AvgIpc) is 3.22. The zero-order valence-electron chi connectivity index (χ0n) is 14.8. The molecule has 0 unspecified atom stereocenters. The lowest BCUT2D eigenvalue weighted by Gasteiger charge is -2.14. The van der Waals surface area contributed by atoms with Gasteiger partial charge in [0.1, 0.15) is 0 Å². The number of sulfonamides is 1. The molecule has 1 aromatic heterocycles. The number of carbonyl (C=O) groups excluding carboxylic acids is 3. The predicted octanol–water partition coefficient (Wildman–Crippen LogP) is 1.85. The number of imide groups is 1. The lowest BCUT2D eigenvalue weighted by atomic mass is 10.2. The molecular weight excluding hydrogens is 416 g/mol. The lowest BCUT2D eigenvalue weighted by molar-refractivity contribution is -0.121. The summed E-state index contributed by atoms with van der Waals surface area (Å²) in [6, 6.07) is 10.4. The first kappa shape index (κ1) is 19.2. The largest absolute Gasteiger partial charge is 0.298 e. The highest BCUT2D eigenvalue weighted by Crippen LogP contribution is 2.29. The number of hydrogen-bond acceptors (Lipinski definition) is 7. The maximum absolute atomic E-state index is 12.6. The molecule has 0 radical (unpaired) electrons. The van der Waals surface area contributed by atoms with Gasteiger partial charge in [-0.1, -0.05) is 17.4 Å². The summed E-state index contributed by atoms with van der Waals surface area (Å²) in [4.78, 5) is 41.7. The van der Waals surface area contributed by atoms with Crippen molar-refractivity contribution in [3.05, 3.63) is 48.0 Å². The first-order valence-corrected chi connectivity index (χ1v) is 10.8. The molecule has 1 saturated heterocycles. The van der Waals surface area contributed by atoms with E-state index in [0.29, 0.717) is 15.9 Å². The molecule has 2 aromatic carbocycles. The van der Waals surface area contributed by atoms with E-state index in [-0.39, 0.29) is 40.2 Å². The van der Waals surface area contributed by atoms with E-state index >= 15 is 0 Å². The van der Waals surface area contributed by atoms with Crippen LogP contribution in [0, 0.1) is 0 Å². The Morgan fingerprint density at radius 2 is 1.83 bits per heavy atom. The maximum Gasteiger partial charge on any atom is 0.257 e. The van der Waals surface area contributed by atoms with Gasteiger partial charge in [0, 0.05) is 18.4 Å². The van der Waals surface area contributed by atoms with E-state index in [1.807, 2.05) is 0 Å². The molecular formula is C18H14N4O5S2. The quantitative estimate of drug-likeness (QED) is 0.606. The Hall–Kier alpha value is -3.15. The van der Waals surface area contributed by atoms with Crippen LogP contribution in [0.2, 0.25) is 0 Å². The molecule has 11 heteroatoms. The first-order valence-electron chi connectivity index (χ1n) is 8.43. The van der Waals surface area contributed by atoms with Crippen molar-refractivity contribution in [3.63, 3.8) is 0 Å². The molecule has 2 heterocycles. The summed E-state index contributed by atoms with van der Waals surface area (Å²) in [6.45, 7) is 0. The van der Waals surface area contributed by atoms with E-state index < -0.39 is 15.9 Å². The first-order chi connectivity index (χ1) is 13.7. The van der Waals surface area contributed by atoms with E-state index in [4.69, 9.17) is 5.14 Å². The number of anilines is 2. The summed E-state index contributed by atoms with van der Waals surface area (Å²) >= 11 is 1.10. The fraction of sp³-hybridized carbons (Fsp3) is 0.111. The van der Waals surface area contributed by atoms with Gasteiger partial charge >= 0.3 is 0 Å². The summed E-state index contributed by atoms with van der Waals surface area (Å²) in [5.41, 5.74) is 1.10. The molecule has 148 valence electrons. The fourth-order valence-corrected chi connectivity index (χ4v) is 4.47. The third-order valence-corrected chi connectivity index (χ3v) is 6.17. The van der Waals surface area contributed by atoms with Gasteiger partial charge < -0.3 is 0 Å². The fourth-order valence-electron chi connectivity index (χ4n) is 2.96. The topological polar surface area (TPSA) is 140 Å². The van der Waals surface area contributed by atoms with Crippen molar-refractivity contribution in [1.29, 1.82) is 0 Å². The van der Waals surface area contributed by atoms with Gasteiger partial charge in [0.15, 0.2) is 5.13 Å². The maximum atomic E-state index is 12.6. The van der Waals surface area contributed by atoms with E-state index in [1.165, 1.54) is 24.3 Å². The van der Waals surface area contributed by atoms with Crippen LogP contribution >= 0.6 is 11.3 Å². The summed E-state index contributed by atoms with van der Waals surface area (Å²) in [6.07, 6.45) is 0.308. The molecule has 0 saturated carbocycles. The van der Waals surface area contributed by atoms with Crippen molar-refractivity contribution in [3.8, 4) is 0 Å². The van der Waals surface area contributed by atoms with Crippen molar-refractivity contribution in [2.24, 2.45) is 5.14 Å². The van der Waals surface area contributed by atoms with Crippen LogP contribution in [0.15, 0.2) is 47.4 Å². The average molecular weight is 430 g/mol. The predicted molar refractivity (Wildman–Crippen MR) is 107 cm³/mol. The summed E-state index contributed by atoms with van der Waals surface area (Å²) in [5, 5.41) is 8.05. The standard InChI is InChI=1S/C18H14N4O5S2/c19-29(26,27)12-4-5-13-14(9-12)28-18(20-13)21-17(25)10-2-1-3-11(8-10)22-15(23)6-7-16(22)24/h1-5,8-9H,6-7H2,(H2,19,26,27)(H,20,21,25). The lowest BCUT2D eigenvalue weighted by Crippen LogP contribution is -2.28. The highest BCUT2D eigenvalue weighted by molar-refractivity contribution is 7.89. The Labute approximate surface area is 169 Å². The second kappa shape index (κ2) is 7.03. The third kappa shape index (κ3) is 3.75. The third-order valence-electron chi connectivity index (χ3n) is 4.33. The number of primary sulfonamides is 1. The number of hydrogen-bond donors (Lipinski definition) is 2. The van der Waals surface area contributed by atoms with Crippen molar-refractivity contribution in [1.82, 2.24) is 4.98 Å². The van der Waals surface area contributed by atoms with Gasteiger partial charge in [-0.2, -0.15) is 0 Å². The van der Waals surface area contributed by atoms with Crippen LogP contribution < -0.4 is 15.4 Å². The van der Waals surface area contributed by atoms with Crippen molar-refractivity contribution >= 4 is 60.1 Å². The molecule has 1 fully saturated rings. The Bertz CT molecular complexity index is 1270. The molecule has 0 bridgehead atoms. The molecule has 0 aliphatic carbocycles. The van der Waals surface area contributed by atoms with E-state index in [9.17, 15) is 22.8 Å². The zero-order chi connectivity index (χ0) is 20.8. The van der Waals surface area contributed by atoms with Crippen LogP contribution in [0.1, 0.15) is 23.2 Å². The summed E-state index contributed by atoms with van der Waals surface area (Å²) in [5.74, 6) is -1.08. The van der Waals surface area contributed by atoms with Crippen molar-refractivity contribution in [2.45, 2.75) is 17.7 Å². The Kier molecular flexibility index (Phi) is 4.65. The van der Waals surface area contributed by atoms with Crippen LogP contribution in [0.3, 0.4) is 0 Å². The summed E-state index contributed by atoms with van der Waals surface area (Å²) < 4.78 is 23.5. The van der Waals surface area contributed by atoms with E-state index in [0.717, 1.165) is 16.2 Å². The molecule has 1 aliphatic heterocycles. The van der Waals surface area contributed by atoms with Gasteiger partial charge in [-0.25, -0.2) is 18.5 Å². The zero-order valence-corrected chi connectivity index (χ0v) is 16.4. The van der Waals surface area contributed by atoms with Gasteiger partial charge in [-0.15, -0.1) is 0 Å². The number of rotatable bonds is 4. The highest BCUT2D eigenvalue weighted by atomic mass is 32.2. The number of aromatic nitrogens is 1. The van der Waals surface area contributed by atoms with Gasteiger partial charge in [0.05, 0.1) is 20.8 Å². The van der Waals surface area contributed by atoms with Gasteiger partial charge in [-0.3, -0.25) is 24.6 Å². The van der Waals surface area contributed by atoms with E-state index in [1.54, 1.807) is 18.2 Å². The monoisotopic (exact) mass is 430 g/mol. The number of fused-ring (bicyclic) bond motifs is 1. The van der Waals surface area contributed by atoms with Gasteiger partial charge in [0.25, 0.3) is 5.91 Å². The molecule has 29 heavy (non-hydrogen) atoms. The molecule has 4 rings (SSSR count). The summed E-state index contributed by atoms with van der Waals surface area (Å²) in [7, 11) is -3.84. The SMILES string of the molecule is NS(=O)(=O)c1ccc2nc(NC(=O)c3cccc(N4C(=O)CCC4=O)c3)sc2c1. The molecule has 1 aliphatic rings. The normalized spacial score (nSPS) is 14.6. The van der Waals surface area contributed by atoms with Gasteiger partial charge in [0.2, 0.25) is 21.8 Å². The molecule has 0 atom stereocenters. The minimum atomic E-state index is -3.84. The Morgan fingerprint density at radius 3 is 2.52 bits per heavy atom. The smallest absolute Gasteiger partial charge is 0.257 e. The highest BCUT2D eigenvalue weighted by Gasteiger charge is 2.30. The van der Waals surface area contributed by atoms with Crippen LogP contribution in [0.4, 0.5) is 10.8 Å². The molecule has 0 spiro atoms. The molecule has 3 aromatic rings. The Morgan fingerprint density at radius 1 is 1.10 bits per heavy atom. The van der Waals surface area contributed by atoms with Crippen LogP contribution in [-0.2, 0) is 19.6 Å². The minimum absolute atomic E-state index is 0.0424. The van der Waals surface area contributed by atoms with Crippen molar-refractivity contribution < 1.29 is 22.8 Å². The van der Waals surface area contributed by atoms with Crippen molar-refractivity contribution in [2.75, 3.05) is 10.2 Å². The van der Waals surface area contributed by atoms with Gasteiger partial charge in [-0.05, 0) is 36.4 Å². The van der Waals surface area contributed by atoms with Crippen LogP contribution in [0.25, 0.3) is 10.2 Å². The number of amides is 3. The second-order valence-electron chi connectivity index (χ2n) is 6.32. The molecule has 3 N–H and O–H groups in total. The van der Waals surface area contributed by atoms with Crippen LogP contribution in [-0.4, -0.2) is 31.1 Å². The molecule has 9 nitrogen and oxygen atoms in total. The van der Waals surface area contributed by atoms with E-state index in [2.05, 4.69) is 10.3 Å². The number of thiazole rings is 1. The van der Waals surface area contributed by atoms with Crippen LogP contribution in [0.5, 0.6) is 0 Å².